The highest BCUT2D eigenvalue weighted by molar-refractivity contribution is 5.89. The Morgan fingerprint density at radius 3 is 2.41 bits per heavy atom. The van der Waals surface area contributed by atoms with E-state index in [-0.39, 0.29) is 0 Å². The molecule has 3 aromatic rings. The molecule has 0 aliphatic carbocycles. The zero-order chi connectivity index (χ0) is 11.7. The van der Waals surface area contributed by atoms with E-state index >= 15 is 0 Å². The molecular weight excluding hydrogens is 210 g/mol. The first-order valence-corrected chi connectivity index (χ1v) is 5.40. The number of nitrogens with two attached hydrogens (primary N) is 1. The first-order valence-electron chi connectivity index (χ1n) is 5.40. The fourth-order valence-corrected chi connectivity index (χ4v) is 1.93. The summed E-state index contributed by atoms with van der Waals surface area (Å²) in [4.78, 5) is 0. The van der Waals surface area contributed by atoms with Gasteiger partial charge < -0.3 is 5.73 Å². The molecule has 0 amide bonds. The highest BCUT2D eigenvalue weighted by atomic mass is 15.1. The van der Waals surface area contributed by atoms with Crippen molar-refractivity contribution in [2.75, 3.05) is 5.73 Å². The van der Waals surface area contributed by atoms with Crippen LogP contribution in [-0.2, 0) is 0 Å². The lowest BCUT2D eigenvalue weighted by atomic mass is 10.0. The second kappa shape index (κ2) is 3.87. The topological polar surface area (TPSA) is 51.8 Å². The first-order chi connectivity index (χ1) is 8.34. The Morgan fingerprint density at radius 1 is 0.824 bits per heavy atom. The van der Waals surface area contributed by atoms with E-state index in [9.17, 15) is 0 Å². The third kappa shape index (κ3) is 1.72. The monoisotopic (exact) mass is 221 g/mol. The van der Waals surface area contributed by atoms with Gasteiger partial charge in [0.15, 0.2) is 0 Å². The second-order valence-corrected chi connectivity index (χ2v) is 3.92. The molecule has 1 heterocycles. The Balaban J connectivity index is 2.22. The average molecular weight is 221 g/mol. The van der Waals surface area contributed by atoms with E-state index in [1.165, 1.54) is 10.8 Å². The van der Waals surface area contributed by atoms with Crippen molar-refractivity contribution in [1.29, 1.82) is 0 Å². The molecule has 0 spiro atoms. The minimum absolute atomic E-state index is 0.648. The number of nitrogen functional groups attached to an aromatic ring is 1. The molecule has 2 aromatic carbocycles. The van der Waals surface area contributed by atoms with Crippen LogP contribution in [-0.4, -0.2) is 10.2 Å². The molecule has 0 unspecified atom stereocenters. The van der Waals surface area contributed by atoms with E-state index < -0.39 is 0 Å². The molecule has 82 valence electrons. The summed E-state index contributed by atoms with van der Waals surface area (Å²) in [5.41, 5.74) is 8.53. The van der Waals surface area contributed by atoms with Gasteiger partial charge in [0.25, 0.3) is 0 Å². The van der Waals surface area contributed by atoms with Crippen LogP contribution in [0.5, 0.6) is 0 Å². The van der Waals surface area contributed by atoms with E-state index in [1.807, 2.05) is 12.1 Å². The summed E-state index contributed by atoms with van der Waals surface area (Å²) in [5.74, 6) is 0. The number of rotatable bonds is 1. The van der Waals surface area contributed by atoms with Crippen LogP contribution in [0.2, 0.25) is 0 Å². The largest absolute Gasteiger partial charge is 0.397 e. The molecule has 0 radical (unpaired) electrons. The Kier molecular flexibility index (Phi) is 2.22. The molecule has 0 saturated carbocycles. The van der Waals surface area contributed by atoms with E-state index in [1.54, 1.807) is 12.4 Å². The Labute approximate surface area is 98.9 Å². The van der Waals surface area contributed by atoms with E-state index in [2.05, 4.69) is 40.5 Å². The normalized spacial score (nSPS) is 10.6. The molecule has 0 saturated heterocycles. The molecule has 0 aliphatic rings. The van der Waals surface area contributed by atoms with Gasteiger partial charge in [0.1, 0.15) is 0 Å². The maximum absolute atomic E-state index is 5.89. The van der Waals surface area contributed by atoms with Gasteiger partial charge in [-0.3, -0.25) is 0 Å². The molecule has 3 nitrogen and oxygen atoms in total. The third-order valence-corrected chi connectivity index (χ3v) is 2.82. The molecule has 3 heteroatoms. The summed E-state index contributed by atoms with van der Waals surface area (Å²) in [6, 6.07) is 14.5. The number of hydrogen-bond acceptors (Lipinski definition) is 3. The van der Waals surface area contributed by atoms with Crippen molar-refractivity contribution in [3.8, 4) is 11.1 Å². The van der Waals surface area contributed by atoms with Crippen molar-refractivity contribution in [1.82, 2.24) is 10.2 Å². The van der Waals surface area contributed by atoms with Crippen LogP contribution in [0.25, 0.3) is 21.9 Å². The third-order valence-electron chi connectivity index (χ3n) is 2.82. The lowest BCUT2D eigenvalue weighted by Crippen LogP contribution is -1.93. The zero-order valence-corrected chi connectivity index (χ0v) is 9.17. The maximum atomic E-state index is 5.89. The maximum Gasteiger partial charge on any atom is 0.0732 e. The Bertz CT molecular complexity index is 677. The summed E-state index contributed by atoms with van der Waals surface area (Å²) in [6.45, 7) is 0. The molecule has 17 heavy (non-hydrogen) atoms. The van der Waals surface area contributed by atoms with Crippen LogP contribution in [0.1, 0.15) is 0 Å². The smallest absolute Gasteiger partial charge is 0.0732 e. The highest BCUT2D eigenvalue weighted by Crippen LogP contribution is 2.27. The van der Waals surface area contributed by atoms with Gasteiger partial charge in [-0.05, 0) is 22.4 Å². The standard InChI is InChI=1S/C14H11N3/c15-14-9-17-16-8-13(14)12-6-5-10-3-1-2-4-11(10)7-12/h1-9H,(H2,15,16). The van der Waals surface area contributed by atoms with Crippen LogP contribution in [0, 0.1) is 0 Å². The van der Waals surface area contributed by atoms with Crippen LogP contribution in [0.3, 0.4) is 0 Å². The quantitative estimate of drug-likeness (QED) is 0.687. The van der Waals surface area contributed by atoms with Gasteiger partial charge in [0.05, 0.1) is 18.1 Å². The predicted molar refractivity (Wildman–Crippen MR) is 69.4 cm³/mol. The van der Waals surface area contributed by atoms with Gasteiger partial charge >= 0.3 is 0 Å². The van der Waals surface area contributed by atoms with Gasteiger partial charge in [0.2, 0.25) is 0 Å². The molecule has 1 aromatic heterocycles. The molecule has 0 aliphatic heterocycles. The fraction of sp³-hybridized carbons (Fsp3) is 0. The van der Waals surface area contributed by atoms with Gasteiger partial charge in [-0.15, -0.1) is 0 Å². The van der Waals surface area contributed by atoms with Crippen molar-refractivity contribution in [2.45, 2.75) is 0 Å². The predicted octanol–water partition coefficient (Wildman–Crippen LogP) is 2.88. The summed E-state index contributed by atoms with van der Waals surface area (Å²) in [6.07, 6.45) is 3.27. The summed E-state index contributed by atoms with van der Waals surface area (Å²) in [5, 5.41) is 10.0. The highest BCUT2D eigenvalue weighted by Gasteiger charge is 2.03. The minimum atomic E-state index is 0.648. The first kappa shape index (κ1) is 9.78. The molecule has 0 bridgehead atoms. The number of nitrogens with zero attached hydrogens (tertiary/aromatic N) is 2. The summed E-state index contributed by atoms with van der Waals surface area (Å²) in [7, 11) is 0. The van der Waals surface area contributed by atoms with E-state index in [0.717, 1.165) is 11.1 Å². The minimum Gasteiger partial charge on any atom is -0.397 e. The number of fused-ring (bicyclic) bond motifs is 1. The summed E-state index contributed by atoms with van der Waals surface area (Å²) < 4.78 is 0. The average Bonchev–Trinajstić information content (AvgIpc) is 2.39. The molecule has 2 N–H and O–H groups in total. The fourth-order valence-electron chi connectivity index (χ4n) is 1.93. The molecule has 3 rings (SSSR count). The molecule has 0 fully saturated rings. The van der Waals surface area contributed by atoms with Gasteiger partial charge in [-0.2, -0.15) is 10.2 Å². The number of aromatic nitrogens is 2. The number of hydrogen-bond donors (Lipinski definition) is 1. The van der Waals surface area contributed by atoms with Crippen molar-refractivity contribution < 1.29 is 0 Å². The van der Waals surface area contributed by atoms with Crippen LogP contribution >= 0.6 is 0 Å². The van der Waals surface area contributed by atoms with Crippen molar-refractivity contribution in [2.24, 2.45) is 0 Å². The number of benzene rings is 2. The van der Waals surface area contributed by atoms with E-state index in [0.29, 0.717) is 5.69 Å². The van der Waals surface area contributed by atoms with Gasteiger partial charge in [0, 0.05) is 5.56 Å². The van der Waals surface area contributed by atoms with Crippen molar-refractivity contribution in [3.63, 3.8) is 0 Å². The Morgan fingerprint density at radius 2 is 1.59 bits per heavy atom. The van der Waals surface area contributed by atoms with Crippen LogP contribution in [0.15, 0.2) is 54.9 Å². The van der Waals surface area contributed by atoms with Crippen molar-refractivity contribution in [3.05, 3.63) is 54.9 Å². The van der Waals surface area contributed by atoms with Crippen LogP contribution in [0.4, 0.5) is 5.69 Å². The lowest BCUT2D eigenvalue weighted by Gasteiger charge is -2.05. The zero-order valence-electron chi connectivity index (χ0n) is 9.17. The van der Waals surface area contributed by atoms with Gasteiger partial charge in [-0.25, -0.2) is 0 Å². The molecule has 0 atom stereocenters. The SMILES string of the molecule is Nc1cnncc1-c1ccc2ccccc2c1. The number of anilines is 1. The van der Waals surface area contributed by atoms with Crippen molar-refractivity contribution >= 4 is 16.5 Å². The summed E-state index contributed by atoms with van der Waals surface area (Å²) >= 11 is 0. The van der Waals surface area contributed by atoms with E-state index in [4.69, 9.17) is 5.73 Å². The second-order valence-electron chi connectivity index (χ2n) is 3.92. The van der Waals surface area contributed by atoms with Gasteiger partial charge in [-0.1, -0.05) is 36.4 Å². The van der Waals surface area contributed by atoms with Crippen LogP contribution < -0.4 is 5.73 Å². The molecular formula is C14H11N3. The lowest BCUT2D eigenvalue weighted by molar-refractivity contribution is 1.04. The Hall–Kier alpha value is -2.42.